The van der Waals surface area contributed by atoms with Gasteiger partial charge in [0.1, 0.15) is 5.78 Å². The number of nitrogens with zero attached hydrogens (tertiary/aromatic N) is 3. The van der Waals surface area contributed by atoms with Crippen LogP contribution in [0, 0.1) is 23.2 Å². The van der Waals surface area contributed by atoms with E-state index in [2.05, 4.69) is 10.2 Å². The van der Waals surface area contributed by atoms with E-state index in [0.29, 0.717) is 11.5 Å². The van der Waals surface area contributed by atoms with Crippen molar-refractivity contribution in [2.75, 3.05) is 24.7 Å². The summed E-state index contributed by atoms with van der Waals surface area (Å²) in [7, 11) is 3.94. The monoisotopic (exact) mass is 337 g/mol. The van der Waals surface area contributed by atoms with Crippen LogP contribution in [0.4, 0.5) is 5.13 Å². The average Bonchev–Trinajstić information content (AvgIpc) is 2.92. The first kappa shape index (κ1) is 14.9. The van der Waals surface area contributed by atoms with Gasteiger partial charge in [0.05, 0.1) is 5.75 Å². The fraction of sp³-hybridized carbons (Fsp3) is 0.812. The normalized spacial score (nSPS) is 35.8. The molecule has 0 aromatic carbocycles. The first-order valence-corrected chi connectivity index (χ1v) is 10.0. The van der Waals surface area contributed by atoms with E-state index in [9.17, 15) is 4.79 Å². The van der Waals surface area contributed by atoms with Crippen LogP contribution in [0.25, 0.3) is 0 Å². The van der Waals surface area contributed by atoms with E-state index in [1.807, 2.05) is 19.0 Å². The number of rotatable bonds is 5. The van der Waals surface area contributed by atoms with Crippen molar-refractivity contribution in [3.63, 3.8) is 0 Å². The summed E-state index contributed by atoms with van der Waals surface area (Å²) in [5, 5.41) is 9.25. The number of hydrogen-bond donors (Lipinski definition) is 0. The number of carbonyl (C=O) groups is 1. The van der Waals surface area contributed by atoms with Crippen molar-refractivity contribution in [2.24, 2.45) is 23.2 Å². The highest BCUT2D eigenvalue weighted by atomic mass is 32.2. The Labute approximate surface area is 140 Å². The first-order valence-electron chi connectivity index (χ1n) is 8.21. The highest BCUT2D eigenvalue weighted by Crippen LogP contribution is 2.60. The van der Waals surface area contributed by atoms with Crippen LogP contribution in [0.3, 0.4) is 0 Å². The Bertz CT molecular complexity index is 548. The van der Waals surface area contributed by atoms with Gasteiger partial charge < -0.3 is 4.90 Å². The minimum atomic E-state index is 0.0246. The van der Waals surface area contributed by atoms with Crippen LogP contribution in [-0.4, -0.2) is 35.8 Å². The van der Waals surface area contributed by atoms with E-state index in [1.165, 1.54) is 38.5 Å². The van der Waals surface area contributed by atoms with Crippen molar-refractivity contribution in [2.45, 2.75) is 42.9 Å². The number of hydrogen-bond acceptors (Lipinski definition) is 6. The first-order chi connectivity index (χ1) is 10.5. The predicted octanol–water partition coefficient (Wildman–Crippen LogP) is 3.48. The third-order valence-electron chi connectivity index (χ3n) is 5.73. The van der Waals surface area contributed by atoms with Crippen LogP contribution < -0.4 is 4.90 Å². The molecule has 1 aromatic rings. The summed E-state index contributed by atoms with van der Waals surface area (Å²) in [5.74, 6) is 3.57. The van der Waals surface area contributed by atoms with Gasteiger partial charge >= 0.3 is 0 Å². The lowest BCUT2D eigenvalue weighted by Crippen LogP contribution is -2.50. The van der Waals surface area contributed by atoms with Gasteiger partial charge in [-0.3, -0.25) is 4.79 Å². The molecule has 4 saturated carbocycles. The summed E-state index contributed by atoms with van der Waals surface area (Å²) < 4.78 is 0.918. The molecule has 0 radical (unpaired) electrons. The molecule has 0 unspecified atom stereocenters. The van der Waals surface area contributed by atoms with Crippen molar-refractivity contribution < 1.29 is 4.79 Å². The Morgan fingerprint density at radius 2 is 1.77 bits per heavy atom. The van der Waals surface area contributed by atoms with Gasteiger partial charge in [-0.25, -0.2) is 0 Å². The lowest BCUT2D eigenvalue weighted by molar-refractivity contribution is -0.141. The second-order valence-corrected chi connectivity index (χ2v) is 9.83. The van der Waals surface area contributed by atoms with Gasteiger partial charge in [0.15, 0.2) is 4.34 Å². The number of ketones is 1. The van der Waals surface area contributed by atoms with Crippen LogP contribution in [0.2, 0.25) is 0 Å². The van der Waals surface area contributed by atoms with Gasteiger partial charge in [0.25, 0.3) is 0 Å². The molecule has 0 atom stereocenters. The van der Waals surface area contributed by atoms with E-state index in [0.717, 1.165) is 27.2 Å². The molecule has 4 bridgehead atoms. The molecule has 22 heavy (non-hydrogen) atoms. The predicted molar refractivity (Wildman–Crippen MR) is 90.6 cm³/mol. The third kappa shape index (κ3) is 2.58. The quantitative estimate of drug-likeness (QED) is 0.770. The standard InChI is InChI=1S/C16H23N3OS2/c1-19(2)14-17-18-15(22-14)21-9-13(20)16-6-10-3-11(7-16)5-12(4-10)8-16/h10-12H,3-9H2,1-2H3. The van der Waals surface area contributed by atoms with E-state index in [1.54, 1.807) is 23.1 Å². The molecule has 0 saturated heterocycles. The lowest BCUT2D eigenvalue weighted by atomic mass is 9.48. The minimum Gasteiger partial charge on any atom is -0.353 e. The number of aromatic nitrogens is 2. The second-order valence-electron chi connectivity index (χ2n) is 7.65. The Morgan fingerprint density at radius 3 is 2.27 bits per heavy atom. The van der Waals surface area contributed by atoms with Crippen LogP contribution in [0.1, 0.15) is 38.5 Å². The van der Waals surface area contributed by atoms with Crippen LogP contribution >= 0.6 is 23.1 Å². The van der Waals surface area contributed by atoms with Crippen LogP contribution in [-0.2, 0) is 4.79 Å². The molecule has 0 spiro atoms. The Kier molecular flexibility index (Phi) is 3.72. The zero-order valence-corrected chi connectivity index (χ0v) is 14.9. The van der Waals surface area contributed by atoms with Crippen molar-refractivity contribution in [1.82, 2.24) is 10.2 Å². The zero-order chi connectivity index (χ0) is 15.3. The molecular formula is C16H23N3OS2. The fourth-order valence-corrected chi connectivity index (χ4v) is 6.97. The molecule has 1 aromatic heterocycles. The van der Waals surface area contributed by atoms with Crippen molar-refractivity contribution >= 4 is 34.0 Å². The maximum atomic E-state index is 12.9. The summed E-state index contributed by atoms with van der Waals surface area (Å²) in [4.78, 5) is 14.9. The largest absolute Gasteiger partial charge is 0.353 e. The lowest BCUT2D eigenvalue weighted by Gasteiger charge is -2.56. The molecule has 5 rings (SSSR count). The summed E-state index contributed by atoms with van der Waals surface area (Å²) in [6.45, 7) is 0. The Hall–Kier alpha value is -0.620. The summed E-state index contributed by atoms with van der Waals surface area (Å²) in [6.07, 6.45) is 7.67. The molecule has 120 valence electrons. The molecule has 0 aliphatic heterocycles. The van der Waals surface area contributed by atoms with Gasteiger partial charge in [0, 0.05) is 19.5 Å². The molecule has 4 aliphatic rings. The number of thioether (sulfide) groups is 1. The molecule has 4 fully saturated rings. The SMILES string of the molecule is CN(C)c1nnc(SCC(=O)C23CC4CC(CC(C4)C2)C3)s1. The second kappa shape index (κ2) is 5.48. The van der Waals surface area contributed by atoms with E-state index >= 15 is 0 Å². The van der Waals surface area contributed by atoms with E-state index in [-0.39, 0.29) is 5.41 Å². The molecule has 0 amide bonds. The number of Topliss-reactive ketones (excluding diaryl/α,β-unsaturated/α-hetero) is 1. The summed E-state index contributed by atoms with van der Waals surface area (Å²) in [6, 6.07) is 0. The zero-order valence-electron chi connectivity index (χ0n) is 13.2. The maximum absolute atomic E-state index is 12.9. The smallest absolute Gasteiger partial charge is 0.208 e. The van der Waals surface area contributed by atoms with Crippen molar-refractivity contribution in [3.05, 3.63) is 0 Å². The van der Waals surface area contributed by atoms with Gasteiger partial charge in [-0.15, -0.1) is 10.2 Å². The minimum absolute atomic E-state index is 0.0246. The molecule has 4 nitrogen and oxygen atoms in total. The van der Waals surface area contributed by atoms with E-state index in [4.69, 9.17) is 0 Å². The Morgan fingerprint density at radius 1 is 1.18 bits per heavy atom. The van der Waals surface area contributed by atoms with Crippen molar-refractivity contribution in [1.29, 1.82) is 0 Å². The molecular weight excluding hydrogens is 314 g/mol. The summed E-state index contributed by atoms with van der Waals surface area (Å²) >= 11 is 3.16. The van der Waals surface area contributed by atoms with Gasteiger partial charge in [-0.2, -0.15) is 0 Å². The average molecular weight is 338 g/mol. The highest BCUT2D eigenvalue weighted by molar-refractivity contribution is 8.01. The Balaban J connectivity index is 1.41. The van der Waals surface area contributed by atoms with Crippen LogP contribution in [0.5, 0.6) is 0 Å². The van der Waals surface area contributed by atoms with Gasteiger partial charge in [0.2, 0.25) is 5.13 Å². The van der Waals surface area contributed by atoms with Gasteiger partial charge in [-0.1, -0.05) is 23.1 Å². The topological polar surface area (TPSA) is 46.1 Å². The van der Waals surface area contributed by atoms with Crippen molar-refractivity contribution in [3.8, 4) is 0 Å². The third-order valence-corrected chi connectivity index (χ3v) is 7.96. The highest BCUT2D eigenvalue weighted by Gasteiger charge is 2.54. The van der Waals surface area contributed by atoms with Crippen LogP contribution in [0.15, 0.2) is 4.34 Å². The molecule has 6 heteroatoms. The summed E-state index contributed by atoms with van der Waals surface area (Å²) in [5.41, 5.74) is 0.0246. The maximum Gasteiger partial charge on any atom is 0.208 e. The molecule has 4 aliphatic carbocycles. The fourth-order valence-electron chi connectivity index (χ4n) is 5.17. The molecule has 1 heterocycles. The van der Waals surface area contributed by atoms with E-state index < -0.39 is 0 Å². The number of carbonyl (C=O) groups excluding carboxylic acids is 1. The molecule has 0 N–H and O–H groups in total. The number of anilines is 1. The van der Waals surface area contributed by atoms with Gasteiger partial charge in [-0.05, 0) is 56.3 Å².